The van der Waals surface area contributed by atoms with Crippen molar-refractivity contribution in [3.05, 3.63) is 54.2 Å². The van der Waals surface area contributed by atoms with Gasteiger partial charge in [-0.05, 0) is 82.5 Å². The Morgan fingerprint density at radius 2 is 1.86 bits per heavy atom. The summed E-state index contributed by atoms with van der Waals surface area (Å²) in [5.41, 5.74) is 3.52. The molecular weight excluding hydrogens is 508 g/mol. The van der Waals surface area contributed by atoms with E-state index in [0.717, 1.165) is 31.5 Å². The van der Waals surface area contributed by atoms with Crippen molar-refractivity contribution in [2.45, 2.75) is 64.1 Å². The van der Waals surface area contributed by atoms with E-state index in [1.807, 2.05) is 42.6 Å². The van der Waals surface area contributed by atoms with Crippen molar-refractivity contribution >= 4 is 41.0 Å². The molecule has 2 aromatic carbocycles. The average Bonchev–Trinajstić information content (AvgIpc) is 3.31. The number of aliphatic hydroxyl groups excluding tert-OH is 1. The number of rotatable bonds is 10. The van der Waals surface area contributed by atoms with Gasteiger partial charge in [-0.3, -0.25) is 14.8 Å². The first-order chi connectivity index (χ1) is 17.5. The fraction of sp³-hybridized carbons (Fsp3) is 0.370. The zero-order valence-corrected chi connectivity index (χ0v) is 23.4. The van der Waals surface area contributed by atoms with E-state index in [9.17, 15) is 9.59 Å². The summed E-state index contributed by atoms with van der Waals surface area (Å²) in [7, 11) is 0. The monoisotopic (exact) mass is 542 g/mol. The minimum absolute atomic E-state index is 0.0913. The molecule has 0 saturated carbocycles. The first-order valence-corrected chi connectivity index (χ1v) is 13.7. The molecule has 3 aromatic rings. The zero-order valence-electron chi connectivity index (χ0n) is 21.8. The summed E-state index contributed by atoms with van der Waals surface area (Å²) in [5.74, 6) is -0.182. The molecule has 1 heterocycles. The summed E-state index contributed by atoms with van der Waals surface area (Å²) >= 11 is 3.13. The highest BCUT2D eigenvalue weighted by atomic mass is 32.2. The highest BCUT2D eigenvalue weighted by molar-refractivity contribution is 7.97. The second kappa shape index (κ2) is 13.0. The van der Waals surface area contributed by atoms with Gasteiger partial charge in [-0.15, -0.1) is 11.3 Å². The highest BCUT2D eigenvalue weighted by Gasteiger charge is 2.16. The van der Waals surface area contributed by atoms with Crippen molar-refractivity contribution in [3.8, 4) is 21.0 Å². The van der Waals surface area contributed by atoms with Gasteiger partial charge in [-0.1, -0.05) is 12.1 Å². The topological polar surface area (TPSA) is 113 Å². The van der Waals surface area contributed by atoms with Crippen LogP contribution < -0.4 is 15.4 Å². The second-order valence-corrected chi connectivity index (χ2v) is 11.6. The number of amides is 2. The third-order valence-corrected chi connectivity index (χ3v) is 7.19. The first kappa shape index (κ1) is 28.6. The summed E-state index contributed by atoms with van der Waals surface area (Å²) in [6.07, 6.45) is 1.29. The first-order valence-electron chi connectivity index (χ1n) is 12.0. The van der Waals surface area contributed by atoms with E-state index in [0.29, 0.717) is 12.2 Å². The number of aliphatic hydroxyl groups is 1. The van der Waals surface area contributed by atoms with Crippen LogP contribution in [0.25, 0.3) is 21.0 Å². The van der Waals surface area contributed by atoms with Crippen LogP contribution in [0.3, 0.4) is 0 Å². The quantitative estimate of drug-likeness (QED) is 0.239. The van der Waals surface area contributed by atoms with E-state index >= 15 is 0 Å². The maximum Gasteiger partial charge on any atom is 0.411 e. The molecule has 1 aromatic heterocycles. The van der Waals surface area contributed by atoms with Gasteiger partial charge in [0.05, 0.1) is 17.6 Å². The Hall–Kier alpha value is -2.92. The van der Waals surface area contributed by atoms with Crippen LogP contribution in [0.15, 0.2) is 53.6 Å². The molecule has 0 aliphatic rings. The summed E-state index contributed by atoms with van der Waals surface area (Å²) in [6.45, 7) is 10.1. The van der Waals surface area contributed by atoms with E-state index in [4.69, 9.17) is 9.84 Å². The van der Waals surface area contributed by atoms with Gasteiger partial charge in [0, 0.05) is 46.4 Å². The molecule has 0 aliphatic heterocycles. The molecule has 0 radical (unpaired) electrons. The number of thiazole rings is 1. The Morgan fingerprint density at radius 1 is 1.14 bits per heavy atom. The van der Waals surface area contributed by atoms with Gasteiger partial charge in [-0.2, -0.15) is 0 Å². The molecule has 0 bridgehead atoms. The Kier molecular flexibility index (Phi) is 10.1. The molecule has 198 valence electrons. The van der Waals surface area contributed by atoms with Crippen LogP contribution in [0.5, 0.6) is 0 Å². The molecule has 8 nitrogen and oxygen atoms in total. The lowest BCUT2D eigenvalue weighted by Crippen LogP contribution is -2.29. The average molecular weight is 543 g/mol. The molecule has 0 fully saturated rings. The number of hydrogen-bond donors (Lipinski definition) is 4. The molecule has 37 heavy (non-hydrogen) atoms. The van der Waals surface area contributed by atoms with Gasteiger partial charge in [0.25, 0.3) is 0 Å². The third-order valence-electron chi connectivity index (χ3n) is 4.83. The lowest BCUT2D eigenvalue weighted by molar-refractivity contribution is -0.121. The maximum absolute atomic E-state index is 11.8. The van der Waals surface area contributed by atoms with Crippen molar-refractivity contribution in [1.82, 2.24) is 15.0 Å². The zero-order chi connectivity index (χ0) is 27.0. The molecule has 4 N–H and O–H groups in total. The molecule has 0 saturated heterocycles. The Labute approximate surface area is 226 Å². The fourth-order valence-corrected chi connectivity index (χ4v) is 5.09. The van der Waals surface area contributed by atoms with Crippen molar-refractivity contribution in [2.75, 3.05) is 11.9 Å². The summed E-state index contributed by atoms with van der Waals surface area (Å²) in [6, 6.07) is 13.6. The normalized spacial score (nSPS) is 11.4. The number of carbonyl (C=O) groups excluding carboxylic acids is 2. The van der Waals surface area contributed by atoms with Gasteiger partial charge in [-0.25, -0.2) is 9.78 Å². The van der Waals surface area contributed by atoms with Crippen LogP contribution in [0.2, 0.25) is 0 Å². The number of benzene rings is 2. The largest absolute Gasteiger partial charge is 0.447 e. The van der Waals surface area contributed by atoms with Crippen LogP contribution in [0, 0.1) is 0 Å². The standard InChI is InChI=1S/C27H34N4O4S2/c1-17(2)35-26(34)30-20-9-7-19(8-10-20)25-29-16-23(36-25)21-11-6-18(15-28-24(33)12-13-32)14-22(21)37-31-27(3,4)5/h6-11,14,16-17,31-32H,12-13,15H2,1-5H3,(H,28,33)(H,30,34). The van der Waals surface area contributed by atoms with Gasteiger partial charge < -0.3 is 15.2 Å². The number of nitrogens with one attached hydrogen (secondary N) is 3. The van der Waals surface area contributed by atoms with E-state index in [2.05, 4.69) is 47.2 Å². The number of nitrogens with zero attached hydrogens (tertiary/aromatic N) is 1. The number of hydrogen-bond acceptors (Lipinski definition) is 8. The Morgan fingerprint density at radius 3 is 2.51 bits per heavy atom. The highest BCUT2D eigenvalue weighted by Crippen LogP contribution is 2.38. The van der Waals surface area contributed by atoms with E-state index < -0.39 is 6.09 Å². The molecular formula is C27H34N4O4S2. The van der Waals surface area contributed by atoms with E-state index in [1.165, 1.54) is 0 Å². The lowest BCUT2D eigenvalue weighted by Gasteiger charge is -2.21. The number of aromatic nitrogens is 1. The smallest absolute Gasteiger partial charge is 0.411 e. The van der Waals surface area contributed by atoms with Crippen LogP contribution in [0.1, 0.15) is 46.6 Å². The molecule has 10 heteroatoms. The molecule has 3 rings (SSSR count). The Balaban J connectivity index is 1.80. The van der Waals surface area contributed by atoms with Gasteiger partial charge >= 0.3 is 6.09 Å². The number of ether oxygens (including phenoxy) is 1. The van der Waals surface area contributed by atoms with Crippen LogP contribution in [0.4, 0.5) is 10.5 Å². The fourth-order valence-electron chi connectivity index (χ4n) is 3.15. The predicted molar refractivity (Wildman–Crippen MR) is 151 cm³/mol. The minimum Gasteiger partial charge on any atom is -0.447 e. The van der Waals surface area contributed by atoms with Crippen LogP contribution in [-0.2, 0) is 16.1 Å². The molecule has 0 spiro atoms. The number of anilines is 1. The summed E-state index contributed by atoms with van der Waals surface area (Å²) < 4.78 is 8.59. The molecule has 0 unspecified atom stereocenters. The second-order valence-electron chi connectivity index (χ2n) is 9.72. The van der Waals surface area contributed by atoms with Gasteiger partial charge in [0.2, 0.25) is 5.91 Å². The van der Waals surface area contributed by atoms with Crippen molar-refractivity contribution < 1.29 is 19.4 Å². The van der Waals surface area contributed by atoms with E-state index in [1.54, 1.807) is 37.1 Å². The van der Waals surface area contributed by atoms with Crippen LogP contribution >= 0.6 is 23.3 Å². The van der Waals surface area contributed by atoms with Crippen molar-refractivity contribution in [3.63, 3.8) is 0 Å². The van der Waals surface area contributed by atoms with Crippen LogP contribution in [-0.4, -0.2) is 40.3 Å². The predicted octanol–water partition coefficient (Wildman–Crippen LogP) is 5.83. The lowest BCUT2D eigenvalue weighted by atomic mass is 10.1. The number of carbonyl (C=O) groups is 2. The summed E-state index contributed by atoms with van der Waals surface area (Å²) in [5, 5.41) is 15.4. The Bertz CT molecular complexity index is 1200. The summed E-state index contributed by atoms with van der Waals surface area (Å²) in [4.78, 5) is 30.3. The molecule has 0 aliphatic carbocycles. The SMILES string of the molecule is CC(C)OC(=O)Nc1ccc(-c2ncc(-c3ccc(CNC(=O)CCO)cc3SNC(C)(C)C)s2)cc1. The molecule has 2 amide bonds. The third kappa shape index (κ3) is 9.15. The van der Waals surface area contributed by atoms with Crippen molar-refractivity contribution in [2.24, 2.45) is 0 Å². The van der Waals surface area contributed by atoms with Crippen molar-refractivity contribution in [1.29, 1.82) is 0 Å². The minimum atomic E-state index is -0.482. The van der Waals surface area contributed by atoms with E-state index in [-0.39, 0.29) is 30.6 Å². The van der Waals surface area contributed by atoms with Gasteiger partial charge in [0.1, 0.15) is 5.01 Å². The molecule has 0 atom stereocenters. The maximum atomic E-state index is 11.8. The van der Waals surface area contributed by atoms with Gasteiger partial charge in [0.15, 0.2) is 0 Å².